The Labute approximate surface area is 97.1 Å². The van der Waals surface area contributed by atoms with Gasteiger partial charge in [0.25, 0.3) is 0 Å². The number of imidazole rings is 1. The van der Waals surface area contributed by atoms with E-state index < -0.39 is 18.6 Å². The number of nitrogens with zero attached hydrogens (tertiary/aromatic N) is 3. The van der Waals surface area contributed by atoms with Crippen LogP contribution in [0.3, 0.4) is 0 Å². The molecule has 94 valence electrons. The highest BCUT2D eigenvalue weighted by Crippen LogP contribution is 2.24. The third-order valence-corrected chi connectivity index (χ3v) is 2.27. The number of alkyl halides is 3. The molecular weight excluding hydrogens is 233 g/mol. The van der Waals surface area contributed by atoms with Gasteiger partial charge in [-0.2, -0.15) is 18.4 Å². The summed E-state index contributed by atoms with van der Waals surface area (Å²) in [5.41, 5.74) is 0. The van der Waals surface area contributed by atoms with E-state index in [1.165, 1.54) is 6.07 Å². The molecule has 0 saturated heterocycles. The summed E-state index contributed by atoms with van der Waals surface area (Å²) >= 11 is 0. The van der Waals surface area contributed by atoms with Crippen LogP contribution in [0.15, 0.2) is 18.7 Å². The third-order valence-electron chi connectivity index (χ3n) is 2.27. The Balaban J connectivity index is 2.37. The highest BCUT2D eigenvalue weighted by Gasteiger charge is 2.39. The number of nitriles is 1. The summed E-state index contributed by atoms with van der Waals surface area (Å²) in [4.78, 5) is 3.83. The molecule has 2 unspecified atom stereocenters. The molecule has 2 atom stereocenters. The first-order chi connectivity index (χ1) is 7.93. The van der Waals surface area contributed by atoms with Crippen LogP contribution in [0.25, 0.3) is 0 Å². The van der Waals surface area contributed by atoms with Gasteiger partial charge in [-0.25, -0.2) is 4.98 Å². The van der Waals surface area contributed by atoms with Crippen LogP contribution in [0.4, 0.5) is 13.2 Å². The number of rotatable bonds is 5. The largest absolute Gasteiger partial charge is 0.405 e. The van der Waals surface area contributed by atoms with Crippen molar-refractivity contribution in [3.8, 4) is 6.07 Å². The van der Waals surface area contributed by atoms with Crippen LogP contribution in [0, 0.1) is 17.2 Å². The second-order valence-electron chi connectivity index (χ2n) is 3.79. The van der Waals surface area contributed by atoms with Crippen molar-refractivity contribution in [2.24, 2.45) is 5.92 Å². The quantitative estimate of drug-likeness (QED) is 0.857. The minimum atomic E-state index is -4.48. The molecule has 17 heavy (non-hydrogen) atoms. The maximum Gasteiger partial charge on any atom is 0.405 e. The molecule has 7 heteroatoms. The lowest BCUT2D eigenvalue weighted by Gasteiger charge is -2.18. The average Bonchev–Trinajstić information content (AvgIpc) is 2.69. The highest BCUT2D eigenvalue weighted by atomic mass is 19.4. The fourth-order valence-electron chi connectivity index (χ4n) is 1.33. The molecule has 0 aromatic carbocycles. The second-order valence-corrected chi connectivity index (χ2v) is 3.79. The van der Waals surface area contributed by atoms with E-state index in [1.54, 1.807) is 30.2 Å². The van der Waals surface area contributed by atoms with Gasteiger partial charge in [0.05, 0.1) is 12.4 Å². The van der Waals surface area contributed by atoms with E-state index in [4.69, 9.17) is 5.26 Å². The average molecular weight is 246 g/mol. The molecule has 1 N–H and O–H groups in total. The lowest BCUT2D eigenvalue weighted by Crippen LogP contribution is -2.38. The number of halogens is 3. The molecule has 0 radical (unpaired) electrons. The Morgan fingerprint density at radius 3 is 2.71 bits per heavy atom. The summed E-state index contributed by atoms with van der Waals surface area (Å²) in [6.07, 6.45) is 0.435. The zero-order chi connectivity index (χ0) is 12.9. The molecule has 4 nitrogen and oxygen atoms in total. The molecule has 0 bridgehead atoms. The van der Waals surface area contributed by atoms with Crippen LogP contribution in [0.2, 0.25) is 0 Å². The molecule has 1 heterocycles. The Morgan fingerprint density at radius 2 is 2.24 bits per heavy atom. The van der Waals surface area contributed by atoms with Gasteiger partial charge in [0, 0.05) is 31.5 Å². The highest BCUT2D eigenvalue weighted by molar-refractivity contribution is 4.90. The van der Waals surface area contributed by atoms with Crippen molar-refractivity contribution in [3.63, 3.8) is 0 Å². The number of nitrogens with one attached hydrogen (secondary N) is 1. The fourth-order valence-corrected chi connectivity index (χ4v) is 1.33. The minimum absolute atomic E-state index is 0.164. The van der Waals surface area contributed by atoms with Gasteiger partial charge in [0.2, 0.25) is 0 Å². The summed E-state index contributed by atoms with van der Waals surface area (Å²) in [5, 5.41) is 11.1. The fraction of sp³-hybridized carbons (Fsp3) is 0.600. The van der Waals surface area contributed by atoms with Crippen LogP contribution >= 0.6 is 0 Å². The normalized spacial score (nSPS) is 15.2. The van der Waals surface area contributed by atoms with Gasteiger partial charge in [0.15, 0.2) is 5.92 Å². The summed E-state index contributed by atoms with van der Waals surface area (Å²) in [6.45, 7) is 1.87. The van der Waals surface area contributed by atoms with E-state index in [0.29, 0.717) is 6.54 Å². The monoisotopic (exact) mass is 246 g/mol. The molecule has 0 aliphatic rings. The summed E-state index contributed by atoms with van der Waals surface area (Å²) in [5.74, 6) is -1.97. The molecule has 0 aliphatic carbocycles. The van der Waals surface area contributed by atoms with Gasteiger partial charge >= 0.3 is 6.18 Å². The van der Waals surface area contributed by atoms with Crippen LogP contribution in [-0.4, -0.2) is 28.3 Å². The van der Waals surface area contributed by atoms with Gasteiger partial charge in [-0.1, -0.05) is 0 Å². The molecule has 0 amide bonds. The predicted octanol–water partition coefficient (Wildman–Crippen LogP) is 1.56. The van der Waals surface area contributed by atoms with Crippen molar-refractivity contribution in [1.29, 1.82) is 5.26 Å². The van der Waals surface area contributed by atoms with Crippen molar-refractivity contribution in [3.05, 3.63) is 18.7 Å². The Bertz CT molecular complexity index is 366. The first-order valence-corrected chi connectivity index (χ1v) is 5.09. The van der Waals surface area contributed by atoms with E-state index >= 15 is 0 Å². The van der Waals surface area contributed by atoms with E-state index in [-0.39, 0.29) is 6.04 Å². The molecule has 0 fully saturated rings. The van der Waals surface area contributed by atoms with Crippen molar-refractivity contribution < 1.29 is 13.2 Å². The molecule has 1 aromatic heterocycles. The molecular formula is C10H13F3N4. The molecule has 1 rings (SSSR count). The molecule has 0 aliphatic heterocycles. The lowest BCUT2D eigenvalue weighted by molar-refractivity contribution is -0.157. The smallest absolute Gasteiger partial charge is 0.336 e. The maximum absolute atomic E-state index is 12.3. The van der Waals surface area contributed by atoms with Crippen LogP contribution < -0.4 is 5.32 Å². The number of hydrogen-bond donors (Lipinski definition) is 1. The topological polar surface area (TPSA) is 53.6 Å². The second kappa shape index (κ2) is 5.68. The summed E-state index contributed by atoms with van der Waals surface area (Å²) in [6, 6.07) is 1.09. The number of aromatic nitrogens is 2. The van der Waals surface area contributed by atoms with E-state index in [9.17, 15) is 13.2 Å². The predicted molar refractivity (Wildman–Crippen MR) is 54.8 cm³/mol. The molecule has 0 spiro atoms. The number of hydrogen-bond acceptors (Lipinski definition) is 3. The summed E-state index contributed by atoms with van der Waals surface area (Å²) < 4.78 is 38.6. The lowest BCUT2D eigenvalue weighted by atomic mass is 10.1. The van der Waals surface area contributed by atoms with Crippen LogP contribution in [0.1, 0.15) is 6.92 Å². The van der Waals surface area contributed by atoms with Crippen molar-refractivity contribution >= 4 is 0 Å². The minimum Gasteiger partial charge on any atom is -0.336 e. The zero-order valence-electron chi connectivity index (χ0n) is 9.28. The van der Waals surface area contributed by atoms with Gasteiger partial charge in [0.1, 0.15) is 0 Å². The van der Waals surface area contributed by atoms with Gasteiger partial charge in [-0.15, -0.1) is 0 Å². The Hall–Kier alpha value is -1.55. The molecule has 1 aromatic rings. The Morgan fingerprint density at radius 1 is 1.53 bits per heavy atom. The van der Waals surface area contributed by atoms with E-state index in [0.717, 1.165) is 0 Å². The first-order valence-electron chi connectivity index (χ1n) is 5.09. The van der Waals surface area contributed by atoms with Crippen LogP contribution in [0.5, 0.6) is 0 Å². The Kier molecular flexibility index (Phi) is 4.52. The van der Waals surface area contributed by atoms with Crippen molar-refractivity contribution in [2.75, 3.05) is 6.54 Å². The SMILES string of the molecule is CC(Cn1ccnc1)NCC(C#N)C(F)(F)F. The van der Waals surface area contributed by atoms with Crippen molar-refractivity contribution in [1.82, 2.24) is 14.9 Å². The van der Waals surface area contributed by atoms with Crippen molar-refractivity contribution in [2.45, 2.75) is 25.7 Å². The van der Waals surface area contributed by atoms with Crippen LogP contribution in [-0.2, 0) is 6.54 Å². The maximum atomic E-state index is 12.3. The van der Waals surface area contributed by atoms with Gasteiger partial charge < -0.3 is 9.88 Å². The van der Waals surface area contributed by atoms with Gasteiger partial charge in [-0.05, 0) is 6.92 Å². The van der Waals surface area contributed by atoms with E-state index in [1.807, 2.05) is 0 Å². The van der Waals surface area contributed by atoms with Gasteiger partial charge in [-0.3, -0.25) is 0 Å². The third kappa shape index (κ3) is 4.44. The zero-order valence-corrected chi connectivity index (χ0v) is 9.28. The van der Waals surface area contributed by atoms with E-state index in [2.05, 4.69) is 10.3 Å². The first kappa shape index (κ1) is 13.5. The standard InChI is InChI=1S/C10H13F3N4/c1-8(6-17-3-2-15-7-17)16-5-9(4-14)10(11,12)13/h2-3,7-9,16H,5-6H2,1H3. The molecule has 0 saturated carbocycles. The summed E-state index contributed by atoms with van der Waals surface area (Å²) in [7, 11) is 0.